The average Bonchev–Trinajstić information content (AvgIpc) is 2.94. The molecule has 1 aliphatic rings. The van der Waals surface area contributed by atoms with Crippen molar-refractivity contribution in [1.82, 2.24) is 10.2 Å². The van der Waals surface area contributed by atoms with Gasteiger partial charge in [-0.25, -0.2) is 0 Å². The Labute approximate surface area is 124 Å². The molecule has 21 heavy (non-hydrogen) atoms. The van der Waals surface area contributed by atoms with Crippen molar-refractivity contribution >= 4 is 5.69 Å². The third-order valence-corrected chi connectivity index (χ3v) is 3.83. The Morgan fingerprint density at radius 1 is 1.52 bits per heavy atom. The first-order valence-electron chi connectivity index (χ1n) is 7.49. The summed E-state index contributed by atoms with van der Waals surface area (Å²) >= 11 is 0. The number of nitrogens with one attached hydrogen (secondary N) is 1. The second-order valence-electron chi connectivity index (χ2n) is 5.54. The van der Waals surface area contributed by atoms with Gasteiger partial charge < -0.3 is 5.32 Å². The third kappa shape index (κ3) is 4.22. The molecule has 0 aromatic heterocycles. The molecule has 2 rings (SSSR count). The quantitative estimate of drug-likeness (QED) is 0.620. The molecule has 1 fully saturated rings. The number of benzene rings is 1. The van der Waals surface area contributed by atoms with Crippen LogP contribution >= 0.6 is 0 Å². The minimum Gasteiger partial charge on any atom is -0.313 e. The van der Waals surface area contributed by atoms with Crippen molar-refractivity contribution in [2.24, 2.45) is 0 Å². The van der Waals surface area contributed by atoms with Gasteiger partial charge >= 0.3 is 5.69 Å². The lowest BCUT2D eigenvalue weighted by Gasteiger charge is -2.25. The molecule has 0 aliphatic carbocycles. The first-order chi connectivity index (χ1) is 10.1. The van der Waals surface area contributed by atoms with Gasteiger partial charge in [-0.2, -0.15) is 4.39 Å². The summed E-state index contributed by atoms with van der Waals surface area (Å²) in [5, 5.41) is 14.2. The molecule has 5 nitrogen and oxygen atoms in total. The van der Waals surface area contributed by atoms with Gasteiger partial charge in [0.2, 0.25) is 5.82 Å². The molecule has 0 spiro atoms. The topological polar surface area (TPSA) is 58.4 Å². The second-order valence-corrected chi connectivity index (χ2v) is 5.54. The molecule has 1 unspecified atom stereocenters. The smallest absolute Gasteiger partial charge is 0.305 e. The largest absolute Gasteiger partial charge is 0.313 e. The molecule has 0 saturated carbocycles. The summed E-state index contributed by atoms with van der Waals surface area (Å²) in [4.78, 5) is 12.3. The van der Waals surface area contributed by atoms with Crippen LogP contribution in [-0.4, -0.2) is 35.5 Å². The van der Waals surface area contributed by atoms with E-state index in [9.17, 15) is 14.5 Å². The van der Waals surface area contributed by atoms with Crippen molar-refractivity contribution in [2.75, 3.05) is 19.6 Å². The van der Waals surface area contributed by atoms with E-state index >= 15 is 0 Å². The zero-order valence-corrected chi connectivity index (χ0v) is 12.3. The van der Waals surface area contributed by atoms with Crippen LogP contribution in [0.5, 0.6) is 0 Å². The van der Waals surface area contributed by atoms with Crippen molar-refractivity contribution in [3.8, 4) is 0 Å². The number of halogens is 1. The monoisotopic (exact) mass is 295 g/mol. The van der Waals surface area contributed by atoms with Crippen LogP contribution in [0.4, 0.5) is 10.1 Å². The maximum atomic E-state index is 14.2. The summed E-state index contributed by atoms with van der Waals surface area (Å²) in [6.45, 7) is 5.25. The van der Waals surface area contributed by atoms with Crippen molar-refractivity contribution in [3.05, 3.63) is 39.7 Å². The fourth-order valence-corrected chi connectivity index (χ4v) is 2.85. The normalized spacial score (nSPS) is 18.3. The van der Waals surface area contributed by atoms with Crippen molar-refractivity contribution in [2.45, 2.75) is 38.8 Å². The van der Waals surface area contributed by atoms with Crippen molar-refractivity contribution in [1.29, 1.82) is 0 Å². The Balaban J connectivity index is 2.08. The summed E-state index contributed by atoms with van der Waals surface area (Å²) in [5.74, 6) is -0.706. The highest BCUT2D eigenvalue weighted by Gasteiger charge is 2.21. The first kappa shape index (κ1) is 15.9. The third-order valence-electron chi connectivity index (χ3n) is 3.83. The predicted molar refractivity (Wildman–Crippen MR) is 79.6 cm³/mol. The Morgan fingerprint density at radius 2 is 2.33 bits per heavy atom. The number of nitrogens with zero attached hydrogens (tertiary/aromatic N) is 2. The molecule has 1 aromatic rings. The minimum atomic E-state index is -0.706. The lowest BCUT2D eigenvalue weighted by atomic mass is 10.1. The average molecular weight is 295 g/mol. The van der Waals surface area contributed by atoms with E-state index in [4.69, 9.17) is 0 Å². The molecule has 1 aliphatic heterocycles. The van der Waals surface area contributed by atoms with Gasteiger partial charge in [0.05, 0.1) is 4.92 Å². The molecule has 0 bridgehead atoms. The summed E-state index contributed by atoms with van der Waals surface area (Å²) in [6.07, 6.45) is 3.29. The Bertz CT molecular complexity index is 490. The number of nitro benzene ring substituents is 1. The van der Waals surface area contributed by atoms with Gasteiger partial charge in [0.15, 0.2) is 0 Å². The van der Waals surface area contributed by atoms with Gasteiger partial charge in [-0.15, -0.1) is 0 Å². The van der Waals surface area contributed by atoms with Crippen LogP contribution in [0, 0.1) is 15.9 Å². The molecular weight excluding hydrogens is 273 g/mol. The van der Waals surface area contributed by atoms with Gasteiger partial charge in [0.1, 0.15) is 0 Å². The van der Waals surface area contributed by atoms with Gasteiger partial charge in [-0.3, -0.25) is 15.0 Å². The lowest BCUT2D eigenvalue weighted by molar-refractivity contribution is -0.387. The molecule has 1 saturated heterocycles. The summed E-state index contributed by atoms with van der Waals surface area (Å²) < 4.78 is 14.2. The van der Waals surface area contributed by atoms with Gasteiger partial charge in [-0.05, 0) is 32.4 Å². The van der Waals surface area contributed by atoms with Crippen molar-refractivity contribution < 1.29 is 9.31 Å². The highest BCUT2D eigenvalue weighted by molar-refractivity contribution is 5.36. The van der Waals surface area contributed by atoms with Crippen LogP contribution in [0.25, 0.3) is 0 Å². The summed E-state index contributed by atoms with van der Waals surface area (Å²) in [7, 11) is 0. The van der Waals surface area contributed by atoms with Crippen LogP contribution < -0.4 is 5.32 Å². The van der Waals surface area contributed by atoms with Crippen LogP contribution in [0.3, 0.4) is 0 Å². The van der Waals surface area contributed by atoms with Crippen molar-refractivity contribution in [3.63, 3.8) is 0 Å². The molecular formula is C15H22FN3O2. The van der Waals surface area contributed by atoms with E-state index in [1.165, 1.54) is 12.5 Å². The highest BCUT2D eigenvalue weighted by atomic mass is 19.1. The Hall–Kier alpha value is -1.53. The molecule has 1 aromatic carbocycles. The maximum absolute atomic E-state index is 14.2. The molecule has 1 atom stereocenters. The fraction of sp³-hybridized carbons (Fsp3) is 0.600. The zero-order chi connectivity index (χ0) is 15.2. The summed E-state index contributed by atoms with van der Waals surface area (Å²) in [5.41, 5.74) is -0.0430. The number of rotatable bonds is 7. The predicted octanol–water partition coefficient (Wildman–Crippen LogP) is 2.70. The second kappa shape index (κ2) is 7.47. The van der Waals surface area contributed by atoms with E-state index < -0.39 is 16.4 Å². The van der Waals surface area contributed by atoms with E-state index in [1.54, 1.807) is 12.1 Å². The standard InChI is InChI=1S/C15H22FN3O2/c1-2-9-18(11-13-6-4-8-17-13)10-12-5-3-7-14(15(12)16)19(20)21/h3,5,7,13,17H,2,4,6,8-11H2,1H3. The number of hydrogen-bond acceptors (Lipinski definition) is 4. The molecule has 116 valence electrons. The van der Waals surface area contributed by atoms with E-state index in [0.29, 0.717) is 18.2 Å². The SMILES string of the molecule is CCCN(Cc1cccc([N+](=O)[O-])c1F)CC1CCCN1. The van der Waals surface area contributed by atoms with Gasteiger partial charge in [-0.1, -0.05) is 19.1 Å². The number of nitro groups is 1. The Kier molecular flexibility index (Phi) is 5.64. The Morgan fingerprint density at radius 3 is 2.95 bits per heavy atom. The minimum absolute atomic E-state index is 0.399. The van der Waals surface area contributed by atoms with E-state index in [0.717, 1.165) is 32.5 Å². The molecule has 1 N–H and O–H groups in total. The van der Waals surface area contributed by atoms with E-state index in [1.807, 2.05) is 0 Å². The van der Waals surface area contributed by atoms with Crippen LogP contribution in [0.15, 0.2) is 18.2 Å². The maximum Gasteiger partial charge on any atom is 0.305 e. The van der Waals surface area contributed by atoms with Crippen LogP contribution in [-0.2, 0) is 6.54 Å². The number of hydrogen-bond donors (Lipinski definition) is 1. The van der Waals surface area contributed by atoms with Gasteiger partial charge in [0.25, 0.3) is 0 Å². The molecule has 0 amide bonds. The fourth-order valence-electron chi connectivity index (χ4n) is 2.85. The summed E-state index contributed by atoms with van der Waals surface area (Å²) in [6, 6.07) is 4.83. The molecule has 6 heteroatoms. The zero-order valence-electron chi connectivity index (χ0n) is 12.3. The van der Waals surface area contributed by atoms with Crippen LogP contribution in [0.2, 0.25) is 0 Å². The van der Waals surface area contributed by atoms with E-state index in [2.05, 4.69) is 17.1 Å². The lowest BCUT2D eigenvalue weighted by Crippen LogP contribution is -2.37. The van der Waals surface area contributed by atoms with E-state index in [-0.39, 0.29) is 0 Å². The molecule has 1 heterocycles. The van der Waals surface area contributed by atoms with Crippen LogP contribution in [0.1, 0.15) is 31.7 Å². The highest BCUT2D eigenvalue weighted by Crippen LogP contribution is 2.22. The molecule has 0 radical (unpaired) electrons. The first-order valence-corrected chi connectivity index (χ1v) is 7.49. The van der Waals surface area contributed by atoms with Gasteiger partial charge in [0, 0.05) is 30.8 Å².